The molecule has 3 aromatic rings. The van der Waals surface area contributed by atoms with Crippen molar-refractivity contribution in [2.24, 2.45) is 27.7 Å². The van der Waals surface area contributed by atoms with Crippen molar-refractivity contribution in [3.63, 3.8) is 0 Å². The zero-order chi connectivity index (χ0) is 71.5. The quantitative estimate of drug-likeness (QED) is 0.0408. The number of aliphatic imine (C=N–C) groups is 2. The third-order valence-electron chi connectivity index (χ3n) is 17.3. The second-order valence-electron chi connectivity index (χ2n) is 25.1. The first kappa shape index (κ1) is 76.4. The summed E-state index contributed by atoms with van der Waals surface area (Å²) in [5.41, 5.74) is 5.42. The lowest BCUT2D eigenvalue weighted by atomic mass is 9.92. The number of nitrogens with zero attached hydrogens (tertiary/aromatic N) is 5. The van der Waals surface area contributed by atoms with E-state index in [4.69, 9.17) is 66.8 Å². The Balaban J connectivity index is 0.570. The Morgan fingerprint density at radius 3 is 1.53 bits per heavy atom. The number of ketones is 1. The van der Waals surface area contributed by atoms with Gasteiger partial charge in [0.15, 0.2) is 28.8 Å². The van der Waals surface area contributed by atoms with E-state index >= 15 is 0 Å². The van der Waals surface area contributed by atoms with E-state index in [2.05, 4.69) is 16.0 Å². The van der Waals surface area contributed by atoms with Crippen molar-refractivity contribution in [3.8, 4) is 23.0 Å². The zero-order valence-electron chi connectivity index (χ0n) is 58.2. The highest BCUT2D eigenvalue weighted by molar-refractivity contribution is 6.13. The number of methoxy groups -OCH3 is 2. The first-order chi connectivity index (χ1) is 49.1. The van der Waals surface area contributed by atoms with Crippen molar-refractivity contribution in [2.45, 2.75) is 90.3 Å². The number of hydrogen-bond acceptors (Lipinski definition) is 22. The molecule has 0 bridgehead atoms. The molecule has 5 heterocycles. The molecule has 1 saturated carbocycles. The lowest BCUT2D eigenvalue weighted by Gasteiger charge is -2.23. The number of hydrogen-bond donors (Lipinski definition) is 3. The predicted octanol–water partition coefficient (Wildman–Crippen LogP) is 6.38. The number of rotatable bonds is 47. The van der Waals surface area contributed by atoms with E-state index in [1.807, 2.05) is 44.6 Å². The van der Waals surface area contributed by atoms with Gasteiger partial charge in [0.25, 0.3) is 23.6 Å². The van der Waals surface area contributed by atoms with Gasteiger partial charge in [-0.05, 0) is 72.1 Å². The molecular weight excluding hydrogens is 1310 g/mol. The molecule has 28 heteroatoms. The van der Waals surface area contributed by atoms with Crippen molar-refractivity contribution in [3.05, 3.63) is 95.3 Å². The van der Waals surface area contributed by atoms with Crippen LogP contribution in [0.4, 0.5) is 17.1 Å². The summed E-state index contributed by atoms with van der Waals surface area (Å²) < 4.78 is 67.8. The molecule has 1 aliphatic carbocycles. The lowest BCUT2D eigenvalue weighted by molar-refractivity contribution is -0.137. The van der Waals surface area contributed by atoms with Gasteiger partial charge in [-0.2, -0.15) is 0 Å². The minimum atomic E-state index is -0.787. The summed E-state index contributed by atoms with van der Waals surface area (Å²) in [5.74, 6) is -1.02. The third kappa shape index (κ3) is 22.9. The van der Waals surface area contributed by atoms with Gasteiger partial charge in [-0.15, -0.1) is 0 Å². The second kappa shape index (κ2) is 39.5. The molecule has 6 aliphatic rings. The molecule has 546 valence electrons. The molecule has 1 fully saturated rings. The van der Waals surface area contributed by atoms with Crippen LogP contribution in [0.25, 0.3) is 5.57 Å². The number of anilines is 1. The fraction of sp³-hybridized carbons (Fsp3) is 0.534. The Morgan fingerprint density at radius 2 is 1.04 bits per heavy atom. The molecular formula is C73H94N8O20. The summed E-state index contributed by atoms with van der Waals surface area (Å²) in [6.45, 7) is 11.9. The molecule has 4 atom stereocenters. The molecule has 0 unspecified atom stereocenters. The van der Waals surface area contributed by atoms with Crippen LogP contribution in [-0.2, 0) is 66.7 Å². The lowest BCUT2D eigenvalue weighted by Crippen LogP contribution is -2.45. The average Bonchev–Trinajstić information content (AvgIpc) is 1.65. The van der Waals surface area contributed by atoms with Crippen LogP contribution >= 0.6 is 0 Å². The molecule has 5 aliphatic heterocycles. The van der Waals surface area contributed by atoms with Gasteiger partial charge in [-0.1, -0.05) is 32.9 Å². The van der Waals surface area contributed by atoms with Gasteiger partial charge in [0.2, 0.25) is 17.7 Å². The first-order valence-corrected chi connectivity index (χ1v) is 34.6. The number of carbonyl (C=O) groups excluding carboxylic acids is 8. The highest BCUT2D eigenvalue weighted by Crippen LogP contribution is 2.45. The fourth-order valence-electron chi connectivity index (χ4n) is 11.6. The van der Waals surface area contributed by atoms with E-state index in [1.165, 1.54) is 44.8 Å². The van der Waals surface area contributed by atoms with Gasteiger partial charge in [0, 0.05) is 106 Å². The molecule has 7 amide bonds. The number of benzene rings is 3. The molecule has 9 rings (SSSR count). The Kier molecular flexibility index (Phi) is 29.9. The zero-order valence-corrected chi connectivity index (χ0v) is 58.2. The maximum absolute atomic E-state index is 14.2. The van der Waals surface area contributed by atoms with E-state index in [9.17, 15) is 38.4 Å². The van der Waals surface area contributed by atoms with Crippen LogP contribution in [0.3, 0.4) is 0 Å². The largest absolute Gasteiger partial charge is 0.493 e. The molecule has 3 aromatic carbocycles. The van der Waals surface area contributed by atoms with Crippen LogP contribution < -0.4 is 34.9 Å². The fourth-order valence-corrected chi connectivity index (χ4v) is 11.6. The molecule has 0 spiro atoms. The number of imide groups is 1. The highest BCUT2D eigenvalue weighted by atomic mass is 16.6. The minimum Gasteiger partial charge on any atom is -0.493 e. The van der Waals surface area contributed by atoms with Crippen molar-refractivity contribution in [1.29, 1.82) is 0 Å². The average molecular weight is 1400 g/mol. The van der Waals surface area contributed by atoms with Gasteiger partial charge in [-0.25, -0.2) is 0 Å². The Morgan fingerprint density at radius 1 is 0.554 bits per heavy atom. The molecule has 0 aromatic heterocycles. The van der Waals surface area contributed by atoms with Crippen LogP contribution in [0.15, 0.2) is 88.6 Å². The Hall–Kier alpha value is -8.74. The predicted molar refractivity (Wildman–Crippen MR) is 371 cm³/mol. The van der Waals surface area contributed by atoms with E-state index in [-0.39, 0.29) is 106 Å². The van der Waals surface area contributed by atoms with E-state index in [0.717, 1.165) is 22.5 Å². The van der Waals surface area contributed by atoms with Crippen molar-refractivity contribution in [1.82, 2.24) is 25.3 Å². The summed E-state index contributed by atoms with van der Waals surface area (Å²) >= 11 is 0. The maximum Gasteiger partial charge on any atom is 0.260 e. The monoisotopic (exact) mass is 1400 g/mol. The Bertz CT molecular complexity index is 3500. The standard InChI is InChI=1S/C73H94N8O20/c1-48(2)70(78-67(84)16-21-92-23-25-94-27-29-96-31-33-98-35-36-99-34-32-97-30-28-95-26-24-93-22-17-74-66(83)15-18-79-68(85)13-14-69(79)86)61(82)37-49(3)71(87)77-54-11-9-51(10-12-54)53-39-56-45-76-60-43-65(63(91-5)41-58(60)73(89)81(56)47-53)101-20-6-19-100-64-42-59-57(40-62(64)90-4)72(88)80-46-52(50-7-8-50)38-55(80)44-75-59/h9-14,40-50,55-56,70H,6-8,15-39H2,1-5H3,(H,74,83)(H,77,87)(H,78,84)/t49-,55+,56+,70+/m1/s1. The second-order valence-corrected chi connectivity index (χ2v) is 25.1. The number of amides is 7. The van der Waals surface area contributed by atoms with Crippen LogP contribution in [0.2, 0.25) is 0 Å². The van der Waals surface area contributed by atoms with Gasteiger partial charge in [-0.3, -0.25) is 53.2 Å². The topological polar surface area (TPSA) is 318 Å². The van der Waals surface area contributed by atoms with Crippen LogP contribution in [-0.4, -0.2) is 239 Å². The third-order valence-corrected chi connectivity index (χ3v) is 17.3. The van der Waals surface area contributed by atoms with E-state index in [0.29, 0.717) is 169 Å². The van der Waals surface area contributed by atoms with E-state index in [1.54, 1.807) is 59.3 Å². The summed E-state index contributed by atoms with van der Waals surface area (Å²) in [4.78, 5) is 116. The van der Waals surface area contributed by atoms with Gasteiger partial charge in [0.05, 0.1) is 174 Å². The Labute approximate surface area is 588 Å². The summed E-state index contributed by atoms with van der Waals surface area (Å²) in [6.07, 6.45) is 13.9. The maximum atomic E-state index is 14.2. The first-order valence-electron chi connectivity index (χ1n) is 34.6. The summed E-state index contributed by atoms with van der Waals surface area (Å²) in [6, 6.07) is 12.8. The number of ether oxygens (including phenoxy) is 12. The molecule has 0 radical (unpaired) electrons. The van der Waals surface area contributed by atoms with Crippen molar-refractivity contribution >= 4 is 82.2 Å². The number of nitrogens with one attached hydrogen (secondary N) is 3. The van der Waals surface area contributed by atoms with Crippen LogP contribution in [0, 0.1) is 17.8 Å². The van der Waals surface area contributed by atoms with Crippen LogP contribution in [0.1, 0.15) is 98.4 Å². The smallest absolute Gasteiger partial charge is 0.260 e. The molecule has 28 nitrogen and oxygen atoms in total. The molecule has 3 N–H and O–H groups in total. The molecule has 101 heavy (non-hydrogen) atoms. The van der Waals surface area contributed by atoms with Crippen molar-refractivity contribution < 1.29 is 95.2 Å². The number of fused-ring (bicyclic) bond motifs is 4. The molecule has 0 saturated heterocycles. The number of Topliss-reactive ketones (excluding diaryl/α,β-unsaturated/α-hetero) is 1. The van der Waals surface area contributed by atoms with Gasteiger partial charge < -0.3 is 82.6 Å². The van der Waals surface area contributed by atoms with Gasteiger partial charge >= 0.3 is 0 Å². The van der Waals surface area contributed by atoms with Crippen LogP contribution in [0.5, 0.6) is 23.0 Å². The SMILES string of the molecule is COc1cc2c(cc1OCCCOc1cc3c(cc1OC)C(=O)N1C=C(C4CC4)C[C@H]1C=N3)N=C[C@@H]1CC(c3ccc(NC(=O)[C@H](C)CC(=O)[C@@H](NC(=O)CCOCCOCCOCCOCCOCCOCCOCCOCCNC(=O)CCN4C(=O)C=CC4=O)C(C)C)cc3)=CN1C2=O. The highest BCUT2D eigenvalue weighted by Gasteiger charge is 2.39. The minimum absolute atomic E-state index is 0.0296. The summed E-state index contributed by atoms with van der Waals surface area (Å²) in [5, 5.41) is 8.42. The van der Waals surface area contributed by atoms with Gasteiger partial charge in [0.1, 0.15) is 0 Å². The van der Waals surface area contributed by atoms with E-state index < -0.39 is 23.8 Å². The summed E-state index contributed by atoms with van der Waals surface area (Å²) in [7, 11) is 3.05. The number of carbonyl (C=O) groups is 8. The normalized spacial score (nSPS) is 17.2. The van der Waals surface area contributed by atoms with Crippen molar-refractivity contribution in [2.75, 3.05) is 152 Å².